The molecule has 0 saturated carbocycles. The topological polar surface area (TPSA) is 82.2 Å². The lowest BCUT2D eigenvalue weighted by Gasteiger charge is -2.18. The van der Waals surface area contributed by atoms with E-state index in [9.17, 15) is 4.79 Å². The van der Waals surface area contributed by atoms with Gasteiger partial charge in [-0.05, 0) is 12.1 Å². The van der Waals surface area contributed by atoms with Crippen molar-refractivity contribution in [1.82, 2.24) is 0 Å². The lowest BCUT2D eigenvalue weighted by atomic mass is 9.97. The van der Waals surface area contributed by atoms with Crippen molar-refractivity contribution < 1.29 is 9.21 Å². The second-order valence-corrected chi connectivity index (χ2v) is 2.81. The van der Waals surface area contributed by atoms with E-state index in [1.807, 2.05) is 0 Å². The van der Waals surface area contributed by atoms with Crippen molar-refractivity contribution in [2.45, 2.75) is 12.0 Å². The lowest BCUT2D eigenvalue weighted by molar-refractivity contribution is -0.112. The molecule has 0 aromatic carbocycles. The molecule has 0 spiro atoms. The van der Waals surface area contributed by atoms with E-state index >= 15 is 0 Å². The molecule has 0 amide bonds. The van der Waals surface area contributed by atoms with E-state index in [0.29, 0.717) is 18.5 Å². The maximum atomic E-state index is 10.5. The molecule has 4 nitrogen and oxygen atoms in total. The average molecular weight is 168 g/mol. The molecule has 0 aliphatic carbocycles. The molecule has 12 heavy (non-hydrogen) atoms. The summed E-state index contributed by atoms with van der Waals surface area (Å²) in [5.41, 5.74) is 9.98. The second-order valence-electron chi connectivity index (χ2n) is 2.81. The molecule has 1 aromatic rings. The van der Waals surface area contributed by atoms with Crippen LogP contribution in [-0.4, -0.2) is 18.4 Å². The molecule has 0 aliphatic rings. The minimum Gasteiger partial charge on any atom is -0.469 e. The van der Waals surface area contributed by atoms with Gasteiger partial charge in [0.05, 0.1) is 11.8 Å². The molecule has 0 saturated heterocycles. The van der Waals surface area contributed by atoms with Gasteiger partial charge in [-0.25, -0.2) is 0 Å². The van der Waals surface area contributed by atoms with Gasteiger partial charge in [-0.2, -0.15) is 0 Å². The molecular formula is C8H12N2O2. The van der Waals surface area contributed by atoms with Crippen molar-refractivity contribution in [1.29, 1.82) is 0 Å². The number of furan rings is 1. The summed E-state index contributed by atoms with van der Waals surface area (Å²) in [6.07, 6.45) is 2.55. The van der Waals surface area contributed by atoms with Crippen LogP contribution in [0.25, 0.3) is 0 Å². The van der Waals surface area contributed by atoms with E-state index < -0.39 is 5.54 Å². The Bertz CT molecular complexity index is 246. The predicted molar refractivity (Wildman–Crippen MR) is 44.4 cm³/mol. The minimum absolute atomic E-state index is 0.122. The summed E-state index contributed by atoms with van der Waals surface area (Å²) in [5, 5.41) is 0. The summed E-state index contributed by atoms with van der Waals surface area (Å²) >= 11 is 0. The van der Waals surface area contributed by atoms with E-state index in [-0.39, 0.29) is 6.54 Å². The van der Waals surface area contributed by atoms with Gasteiger partial charge in [-0.3, -0.25) is 0 Å². The van der Waals surface area contributed by atoms with Gasteiger partial charge in [-0.15, -0.1) is 0 Å². The van der Waals surface area contributed by atoms with Gasteiger partial charge >= 0.3 is 0 Å². The highest BCUT2D eigenvalue weighted by Crippen LogP contribution is 2.08. The van der Waals surface area contributed by atoms with E-state index in [1.54, 1.807) is 12.1 Å². The van der Waals surface area contributed by atoms with E-state index in [1.165, 1.54) is 6.26 Å². The van der Waals surface area contributed by atoms with Crippen LogP contribution in [0.4, 0.5) is 0 Å². The Balaban J connectivity index is 2.66. The standard InChI is InChI=1S/C8H12N2O2/c9-5-8(10,6-11)4-7-2-1-3-12-7/h1-3,6H,4-5,9-10H2/t8-/m0/s1. The fraction of sp³-hybridized carbons (Fsp3) is 0.375. The molecule has 1 rings (SSSR count). The normalized spacial score (nSPS) is 15.5. The summed E-state index contributed by atoms with van der Waals surface area (Å²) in [7, 11) is 0. The number of hydrogen-bond acceptors (Lipinski definition) is 4. The third kappa shape index (κ3) is 1.93. The van der Waals surface area contributed by atoms with Crippen molar-refractivity contribution in [3.8, 4) is 0 Å². The lowest BCUT2D eigenvalue weighted by Crippen LogP contribution is -2.50. The van der Waals surface area contributed by atoms with Crippen molar-refractivity contribution in [2.24, 2.45) is 11.5 Å². The SMILES string of the molecule is NC[C@](N)(C=O)Cc1ccco1. The Labute approximate surface area is 70.5 Å². The summed E-state index contributed by atoms with van der Waals surface area (Å²) in [6.45, 7) is 0.122. The first kappa shape index (κ1) is 8.96. The summed E-state index contributed by atoms with van der Waals surface area (Å²) in [5.74, 6) is 0.676. The number of carbonyl (C=O) groups is 1. The van der Waals surface area contributed by atoms with Gasteiger partial charge in [0.1, 0.15) is 12.0 Å². The second kappa shape index (κ2) is 3.51. The van der Waals surface area contributed by atoms with Crippen LogP contribution in [0.5, 0.6) is 0 Å². The maximum absolute atomic E-state index is 10.5. The van der Waals surface area contributed by atoms with Gasteiger partial charge in [0, 0.05) is 13.0 Å². The van der Waals surface area contributed by atoms with Crippen LogP contribution in [0.2, 0.25) is 0 Å². The molecule has 1 aromatic heterocycles. The Morgan fingerprint density at radius 3 is 2.83 bits per heavy atom. The molecule has 0 unspecified atom stereocenters. The third-order valence-corrected chi connectivity index (χ3v) is 1.70. The zero-order chi connectivity index (χ0) is 9.03. The number of aldehydes is 1. The highest BCUT2D eigenvalue weighted by atomic mass is 16.3. The third-order valence-electron chi connectivity index (χ3n) is 1.70. The summed E-state index contributed by atoms with van der Waals surface area (Å²) < 4.78 is 5.04. The quantitative estimate of drug-likeness (QED) is 0.603. The monoisotopic (exact) mass is 168 g/mol. The molecule has 0 radical (unpaired) electrons. The fourth-order valence-electron chi connectivity index (χ4n) is 0.899. The van der Waals surface area contributed by atoms with E-state index in [2.05, 4.69) is 0 Å². The van der Waals surface area contributed by atoms with Crippen LogP contribution < -0.4 is 11.5 Å². The molecule has 4 N–H and O–H groups in total. The molecular weight excluding hydrogens is 156 g/mol. The first-order valence-corrected chi connectivity index (χ1v) is 3.68. The van der Waals surface area contributed by atoms with Crippen LogP contribution in [0.1, 0.15) is 5.76 Å². The van der Waals surface area contributed by atoms with Gasteiger partial charge in [0.25, 0.3) is 0 Å². The van der Waals surface area contributed by atoms with Crippen molar-refractivity contribution in [2.75, 3.05) is 6.54 Å². The number of nitrogens with two attached hydrogens (primary N) is 2. The highest BCUT2D eigenvalue weighted by molar-refractivity contribution is 5.64. The number of rotatable bonds is 4. The smallest absolute Gasteiger partial charge is 0.141 e. The first-order chi connectivity index (χ1) is 5.70. The molecule has 0 aliphatic heterocycles. The van der Waals surface area contributed by atoms with Crippen LogP contribution in [0.15, 0.2) is 22.8 Å². The highest BCUT2D eigenvalue weighted by Gasteiger charge is 2.23. The average Bonchev–Trinajstić information content (AvgIpc) is 2.57. The molecule has 66 valence electrons. The van der Waals surface area contributed by atoms with Crippen molar-refractivity contribution >= 4 is 6.29 Å². The molecule has 4 heteroatoms. The molecule has 1 atom stereocenters. The van der Waals surface area contributed by atoms with E-state index in [0.717, 1.165) is 0 Å². The van der Waals surface area contributed by atoms with Crippen molar-refractivity contribution in [3.05, 3.63) is 24.2 Å². The largest absolute Gasteiger partial charge is 0.469 e. The Kier molecular flexibility index (Phi) is 2.62. The van der Waals surface area contributed by atoms with E-state index in [4.69, 9.17) is 15.9 Å². The fourth-order valence-corrected chi connectivity index (χ4v) is 0.899. The van der Waals surface area contributed by atoms with Crippen LogP contribution in [0, 0.1) is 0 Å². The van der Waals surface area contributed by atoms with Gasteiger partial charge in [0.2, 0.25) is 0 Å². The number of hydrogen-bond donors (Lipinski definition) is 2. The van der Waals surface area contributed by atoms with Gasteiger partial charge in [-0.1, -0.05) is 0 Å². The summed E-state index contributed by atoms with van der Waals surface area (Å²) in [4.78, 5) is 10.5. The predicted octanol–water partition coefficient (Wildman–Crippen LogP) is -0.323. The Morgan fingerprint density at radius 1 is 1.67 bits per heavy atom. The zero-order valence-electron chi connectivity index (χ0n) is 6.69. The minimum atomic E-state index is -0.988. The Hall–Kier alpha value is -1.13. The van der Waals surface area contributed by atoms with Crippen LogP contribution >= 0.6 is 0 Å². The van der Waals surface area contributed by atoms with Crippen LogP contribution in [0.3, 0.4) is 0 Å². The van der Waals surface area contributed by atoms with Crippen molar-refractivity contribution in [3.63, 3.8) is 0 Å². The van der Waals surface area contributed by atoms with Gasteiger partial charge < -0.3 is 20.7 Å². The zero-order valence-corrected chi connectivity index (χ0v) is 6.69. The molecule has 0 fully saturated rings. The summed E-state index contributed by atoms with van der Waals surface area (Å²) in [6, 6.07) is 3.51. The molecule has 1 heterocycles. The van der Waals surface area contributed by atoms with Crippen LogP contribution in [-0.2, 0) is 11.2 Å². The Morgan fingerprint density at radius 2 is 2.42 bits per heavy atom. The number of carbonyl (C=O) groups excluding carboxylic acids is 1. The van der Waals surface area contributed by atoms with Gasteiger partial charge in [0.15, 0.2) is 0 Å². The maximum Gasteiger partial charge on any atom is 0.141 e. The molecule has 0 bridgehead atoms. The first-order valence-electron chi connectivity index (χ1n) is 3.68.